The van der Waals surface area contributed by atoms with Crippen LogP contribution in [0.15, 0.2) is 41.8 Å². The van der Waals surface area contributed by atoms with E-state index in [1.807, 2.05) is 41.8 Å². The van der Waals surface area contributed by atoms with E-state index in [2.05, 4.69) is 4.98 Å². The first-order valence-corrected chi connectivity index (χ1v) is 9.53. The number of carbonyl (C=O) groups is 1. The first kappa shape index (κ1) is 16.1. The molecular weight excluding hydrogens is 356 g/mol. The van der Waals surface area contributed by atoms with E-state index in [1.165, 1.54) is 11.3 Å². The summed E-state index contributed by atoms with van der Waals surface area (Å²) in [7, 11) is 1.63. The van der Waals surface area contributed by atoms with Crippen molar-refractivity contribution in [2.75, 3.05) is 20.2 Å². The number of ether oxygens (including phenoxy) is 2. The number of carbonyl (C=O) groups excluding carboxylic acids is 1. The van der Waals surface area contributed by atoms with Gasteiger partial charge in [-0.15, -0.1) is 11.3 Å². The molecule has 0 unspecified atom stereocenters. The number of thiophene rings is 1. The third-order valence-corrected chi connectivity index (χ3v) is 5.69. The molecule has 1 fully saturated rings. The van der Waals surface area contributed by atoms with Crippen LogP contribution >= 0.6 is 22.7 Å². The van der Waals surface area contributed by atoms with E-state index in [0.717, 1.165) is 20.8 Å². The topological polar surface area (TPSA) is 51.7 Å². The molecule has 3 aromatic rings. The van der Waals surface area contributed by atoms with Crippen LogP contribution in [0.3, 0.4) is 0 Å². The fourth-order valence-corrected chi connectivity index (χ4v) is 4.11. The number of aromatic nitrogens is 1. The van der Waals surface area contributed by atoms with Gasteiger partial charge in [0.2, 0.25) is 5.91 Å². The Hall–Kier alpha value is -2.38. The number of rotatable bonds is 5. The first-order valence-electron chi connectivity index (χ1n) is 7.83. The highest BCUT2D eigenvalue weighted by atomic mass is 32.1. The summed E-state index contributed by atoms with van der Waals surface area (Å²) in [5, 5.41) is 2.61. The Morgan fingerprint density at radius 2 is 2.20 bits per heavy atom. The van der Waals surface area contributed by atoms with Gasteiger partial charge in [-0.25, -0.2) is 0 Å². The Balaban J connectivity index is 1.34. The Morgan fingerprint density at radius 1 is 1.32 bits per heavy atom. The lowest BCUT2D eigenvalue weighted by atomic mass is 10.1. The van der Waals surface area contributed by atoms with Crippen molar-refractivity contribution in [3.05, 3.63) is 46.7 Å². The highest BCUT2D eigenvalue weighted by Crippen LogP contribution is 2.34. The van der Waals surface area contributed by atoms with Gasteiger partial charge in [-0.2, -0.15) is 4.98 Å². The smallest absolute Gasteiger partial charge is 0.274 e. The molecule has 5 nitrogen and oxygen atoms in total. The SMILES string of the molecule is COc1cccc2sc(OC3CN(C(=O)C=Cc4cccs4)C3)nc12. The number of thiazole rings is 1. The summed E-state index contributed by atoms with van der Waals surface area (Å²) < 4.78 is 12.3. The molecule has 25 heavy (non-hydrogen) atoms. The molecule has 3 heterocycles. The Labute approximate surface area is 153 Å². The van der Waals surface area contributed by atoms with Crippen LogP contribution in [0, 0.1) is 0 Å². The number of methoxy groups -OCH3 is 1. The van der Waals surface area contributed by atoms with Crippen LogP contribution < -0.4 is 9.47 Å². The summed E-state index contributed by atoms with van der Waals surface area (Å²) in [5.74, 6) is 0.756. The summed E-state index contributed by atoms with van der Waals surface area (Å²) in [4.78, 5) is 19.4. The van der Waals surface area contributed by atoms with Crippen molar-refractivity contribution in [1.29, 1.82) is 0 Å². The summed E-state index contributed by atoms with van der Waals surface area (Å²) >= 11 is 3.10. The van der Waals surface area contributed by atoms with E-state index in [4.69, 9.17) is 9.47 Å². The maximum absolute atomic E-state index is 12.1. The molecule has 0 radical (unpaired) electrons. The average molecular weight is 372 g/mol. The second-order valence-electron chi connectivity index (χ2n) is 5.62. The molecule has 2 aromatic heterocycles. The predicted molar refractivity (Wildman–Crippen MR) is 101 cm³/mol. The fourth-order valence-electron chi connectivity index (χ4n) is 2.60. The lowest BCUT2D eigenvalue weighted by Crippen LogP contribution is -2.55. The standard InChI is InChI=1S/C18H16N2O3S2/c1-22-14-5-2-6-15-17(14)19-18(25-15)23-12-10-20(11-12)16(21)8-7-13-4-3-9-24-13/h2-9,12H,10-11H2,1H3. The van der Waals surface area contributed by atoms with Crippen LogP contribution in [0.2, 0.25) is 0 Å². The van der Waals surface area contributed by atoms with Crippen molar-refractivity contribution in [2.45, 2.75) is 6.10 Å². The maximum atomic E-state index is 12.1. The molecule has 0 bridgehead atoms. The fraction of sp³-hybridized carbons (Fsp3) is 0.222. The van der Waals surface area contributed by atoms with Crippen LogP contribution in [-0.2, 0) is 4.79 Å². The number of amides is 1. The molecule has 0 aliphatic carbocycles. The molecule has 128 valence electrons. The van der Waals surface area contributed by atoms with Crippen molar-refractivity contribution in [3.8, 4) is 10.9 Å². The normalized spacial score (nSPS) is 14.8. The predicted octanol–water partition coefficient (Wildman–Crippen LogP) is 3.67. The van der Waals surface area contributed by atoms with E-state index >= 15 is 0 Å². The van der Waals surface area contributed by atoms with Gasteiger partial charge in [0.25, 0.3) is 5.19 Å². The van der Waals surface area contributed by atoms with Crippen molar-refractivity contribution in [1.82, 2.24) is 9.88 Å². The highest BCUT2D eigenvalue weighted by molar-refractivity contribution is 7.20. The van der Waals surface area contributed by atoms with Gasteiger partial charge in [0.1, 0.15) is 17.4 Å². The zero-order chi connectivity index (χ0) is 17.2. The molecule has 1 aromatic carbocycles. The summed E-state index contributed by atoms with van der Waals surface area (Å²) in [5.41, 5.74) is 0.816. The van der Waals surface area contributed by atoms with E-state index in [1.54, 1.807) is 29.4 Å². The van der Waals surface area contributed by atoms with E-state index in [9.17, 15) is 4.79 Å². The van der Waals surface area contributed by atoms with Crippen molar-refractivity contribution in [2.24, 2.45) is 0 Å². The average Bonchev–Trinajstić information content (AvgIpc) is 3.24. The lowest BCUT2D eigenvalue weighted by Gasteiger charge is -2.37. The summed E-state index contributed by atoms with van der Waals surface area (Å²) in [6.07, 6.45) is 3.46. The molecule has 0 N–H and O–H groups in total. The molecule has 1 amide bonds. The van der Waals surface area contributed by atoms with Crippen LogP contribution in [0.4, 0.5) is 0 Å². The molecule has 0 spiro atoms. The van der Waals surface area contributed by atoms with Gasteiger partial charge in [0.05, 0.1) is 24.9 Å². The maximum Gasteiger partial charge on any atom is 0.274 e. The largest absolute Gasteiger partial charge is 0.494 e. The molecular formula is C18H16N2O3S2. The number of nitrogens with zero attached hydrogens (tertiary/aromatic N) is 2. The monoisotopic (exact) mass is 372 g/mol. The lowest BCUT2D eigenvalue weighted by molar-refractivity contribution is -0.134. The van der Waals surface area contributed by atoms with Crippen molar-refractivity contribution in [3.63, 3.8) is 0 Å². The first-order chi connectivity index (χ1) is 12.2. The number of likely N-dealkylation sites (tertiary alicyclic amines) is 1. The number of hydrogen-bond acceptors (Lipinski definition) is 6. The molecule has 1 saturated heterocycles. The van der Waals surface area contributed by atoms with Crippen molar-refractivity contribution < 1.29 is 14.3 Å². The third-order valence-electron chi connectivity index (χ3n) is 3.94. The molecule has 1 aliphatic rings. The van der Waals surface area contributed by atoms with E-state index in [0.29, 0.717) is 18.3 Å². The quantitative estimate of drug-likeness (QED) is 0.641. The van der Waals surface area contributed by atoms with Gasteiger partial charge < -0.3 is 14.4 Å². The number of benzene rings is 1. The van der Waals surface area contributed by atoms with Crippen LogP contribution in [0.1, 0.15) is 4.88 Å². The molecule has 0 atom stereocenters. The minimum Gasteiger partial charge on any atom is -0.494 e. The summed E-state index contributed by atoms with van der Waals surface area (Å²) in [6, 6.07) is 9.77. The number of para-hydroxylation sites is 1. The molecule has 1 aliphatic heterocycles. The third kappa shape index (κ3) is 3.38. The second-order valence-corrected chi connectivity index (χ2v) is 7.59. The minimum absolute atomic E-state index is 0.00866. The molecule has 4 rings (SSSR count). The van der Waals surface area contributed by atoms with Crippen molar-refractivity contribution >= 4 is 44.9 Å². The second kappa shape index (κ2) is 6.85. The number of hydrogen-bond donors (Lipinski definition) is 0. The Kier molecular flexibility index (Phi) is 4.42. The van der Waals surface area contributed by atoms with Gasteiger partial charge in [0.15, 0.2) is 0 Å². The summed E-state index contributed by atoms with van der Waals surface area (Å²) in [6.45, 7) is 1.17. The Morgan fingerprint density at radius 3 is 2.96 bits per heavy atom. The molecule has 7 heteroatoms. The van der Waals surface area contributed by atoms with Crippen LogP contribution in [0.25, 0.3) is 16.3 Å². The van der Waals surface area contributed by atoms with Crippen LogP contribution in [-0.4, -0.2) is 42.1 Å². The Bertz CT molecular complexity index is 912. The van der Waals surface area contributed by atoms with Gasteiger partial charge in [-0.1, -0.05) is 23.5 Å². The zero-order valence-corrected chi connectivity index (χ0v) is 15.2. The minimum atomic E-state index is -0.00866. The molecule has 0 saturated carbocycles. The van der Waals surface area contributed by atoms with Gasteiger partial charge in [0, 0.05) is 11.0 Å². The van der Waals surface area contributed by atoms with Crippen LogP contribution in [0.5, 0.6) is 10.9 Å². The van der Waals surface area contributed by atoms with Gasteiger partial charge in [-0.05, 0) is 29.7 Å². The number of fused-ring (bicyclic) bond motifs is 1. The van der Waals surface area contributed by atoms with E-state index in [-0.39, 0.29) is 12.0 Å². The van der Waals surface area contributed by atoms with Gasteiger partial charge in [-0.3, -0.25) is 4.79 Å². The zero-order valence-electron chi connectivity index (χ0n) is 13.5. The van der Waals surface area contributed by atoms with E-state index < -0.39 is 0 Å². The highest BCUT2D eigenvalue weighted by Gasteiger charge is 2.32. The van der Waals surface area contributed by atoms with Gasteiger partial charge >= 0.3 is 0 Å².